The first-order chi connectivity index (χ1) is 7.85. The van der Waals surface area contributed by atoms with Crippen molar-refractivity contribution in [1.29, 1.82) is 0 Å². The van der Waals surface area contributed by atoms with Crippen LogP contribution < -0.4 is 5.73 Å². The molecule has 0 aromatic carbocycles. The second-order valence-corrected chi connectivity index (χ2v) is 3.63. The fraction of sp³-hybridized carbons (Fsp3) is 0.333. The van der Waals surface area contributed by atoms with Crippen LogP contribution in [0.5, 0.6) is 0 Å². The first kappa shape index (κ1) is 10.8. The highest BCUT2D eigenvalue weighted by atomic mass is 15.3. The topological polar surface area (TPSA) is 56.7 Å². The maximum Gasteiger partial charge on any atom is 0.0941 e. The molecule has 0 unspecified atom stereocenters. The molecule has 0 fully saturated rings. The van der Waals surface area contributed by atoms with E-state index in [0.717, 1.165) is 24.2 Å². The number of nitrogens with two attached hydrogens (primary N) is 1. The SMILES string of the molecule is CCc1cc(-c2cccnc2)nn1CCN. The lowest BCUT2D eigenvalue weighted by Gasteiger charge is -2.02. The zero-order chi connectivity index (χ0) is 11.4. The van der Waals surface area contributed by atoms with Crippen LogP contribution in [0.2, 0.25) is 0 Å². The largest absolute Gasteiger partial charge is 0.329 e. The van der Waals surface area contributed by atoms with Crippen molar-refractivity contribution in [3.63, 3.8) is 0 Å². The van der Waals surface area contributed by atoms with Gasteiger partial charge in [0, 0.05) is 30.2 Å². The molecule has 2 heterocycles. The van der Waals surface area contributed by atoms with E-state index in [2.05, 4.69) is 23.1 Å². The van der Waals surface area contributed by atoms with Gasteiger partial charge in [-0.3, -0.25) is 9.67 Å². The number of pyridine rings is 1. The minimum atomic E-state index is 0.612. The summed E-state index contributed by atoms with van der Waals surface area (Å²) in [5, 5.41) is 4.54. The summed E-state index contributed by atoms with van der Waals surface area (Å²) in [6, 6.07) is 6.04. The summed E-state index contributed by atoms with van der Waals surface area (Å²) in [5.41, 5.74) is 8.79. The molecule has 0 atom stereocenters. The number of nitrogens with zero attached hydrogens (tertiary/aromatic N) is 3. The van der Waals surface area contributed by atoms with Gasteiger partial charge in [0.1, 0.15) is 0 Å². The van der Waals surface area contributed by atoms with Crippen LogP contribution in [0.3, 0.4) is 0 Å². The average Bonchev–Trinajstić information content (AvgIpc) is 2.74. The molecule has 0 radical (unpaired) electrons. The predicted molar refractivity (Wildman–Crippen MR) is 63.9 cm³/mol. The Hall–Kier alpha value is -1.68. The molecule has 4 nitrogen and oxygen atoms in total. The van der Waals surface area contributed by atoms with Crippen molar-refractivity contribution in [2.45, 2.75) is 19.9 Å². The smallest absolute Gasteiger partial charge is 0.0941 e. The molecule has 0 spiro atoms. The van der Waals surface area contributed by atoms with Gasteiger partial charge in [-0.2, -0.15) is 5.10 Å². The van der Waals surface area contributed by atoms with Gasteiger partial charge in [0.2, 0.25) is 0 Å². The molecule has 4 heteroatoms. The first-order valence-electron chi connectivity index (χ1n) is 5.52. The third kappa shape index (κ3) is 2.12. The quantitative estimate of drug-likeness (QED) is 0.842. The highest BCUT2D eigenvalue weighted by molar-refractivity contribution is 5.57. The molecule has 0 saturated heterocycles. The predicted octanol–water partition coefficient (Wildman–Crippen LogP) is 1.47. The number of hydrogen-bond donors (Lipinski definition) is 1. The molecule has 0 aliphatic rings. The van der Waals surface area contributed by atoms with Gasteiger partial charge in [0.05, 0.1) is 12.2 Å². The lowest BCUT2D eigenvalue weighted by atomic mass is 10.2. The summed E-state index contributed by atoms with van der Waals surface area (Å²) in [7, 11) is 0. The molecule has 84 valence electrons. The van der Waals surface area contributed by atoms with E-state index in [4.69, 9.17) is 5.73 Å². The summed E-state index contributed by atoms with van der Waals surface area (Å²) in [6.07, 6.45) is 4.56. The van der Waals surface area contributed by atoms with Crippen LogP contribution in [0.1, 0.15) is 12.6 Å². The number of aromatic nitrogens is 3. The van der Waals surface area contributed by atoms with Crippen LogP contribution >= 0.6 is 0 Å². The third-order valence-corrected chi connectivity index (χ3v) is 2.52. The first-order valence-corrected chi connectivity index (χ1v) is 5.52. The van der Waals surface area contributed by atoms with Crippen molar-refractivity contribution in [2.75, 3.05) is 6.54 Å². The molecule has 0 bridgehead atoms. The van der Waals surface area contributed by atoms with Crippen LogP contribution in [-0.4, -0.2) is 21.3 Å². The van der Waals surface area contributed by atoms with Crippen molar-refractivity contribution in [3.05, 3.63) is 36.3 Å². The molecule has 16 heavy (non-hydrogen) atoms. The molecule has 0 aliphatic carbocycles. The van der Waals surface area contributed by atoms with Crippen molar-refractivity contribution >= 4 is 0 Å². The molecule has 2 rings (SSSR count). The number of rotatable bonds is 4. The molecule has 0 amide bonds. The van der Waals surface area contributed by atoms with E-state index >= 15 is 0 Å². The standard InChI is InChI=1S/C12H16N4/c1-2-11-8-12(15-16(11)7-5-13)10-4-3-6-14-9-10/h3-4,6,8-9H,2,5,7,13H2,1H3. The Labute approximate surface area is 95.1 Å². The van der Waals surface area contributed by atoms with Gasteiger partial charge in [-0.25, -0.2) is 0 Å². The maximum atomic E-state index is 5.56. The number of hydrogen-bond acceptors (Lipinski definition) is 3. The van der Waals surface area contributed by atoms with E-state index in [0.29, 0.717) is 6.54 Å². The molecule has 0 saturated carbocycles. The highest BCUT2D eigenvalue weighted by Gasteiger charge is 2.07. The van der Waals surface area contributed by atoms with Gasteiger partial charge in [0.15, 0.2) is 0 Å². The van der Waals surface area contributed by atoms with Crippen LogP contribution in [0, 0.1) is 0 Å². The normalized spacial score (nSPS) is 10.6. The van der Waals surface area contributed by atoms with E-state index in [1.54, 1.807) is 6.20 Å². The summed E-state index contributed by atoms with van der Waals surface area (Å²) in [6.45, 7) is 3.50. The minimum absolute atomic E-state index is 0.612. The Bertz CT molecular complexity index is 447. The Morgan fingerprint density at radius 1 is 1.44 bits per heavy atom. The van der Waals surface area contributed by atoms with Crippen LogP contribution in [0.25, 0.3) is 11.3 Å². The fourth-order valence-electron chi connectivity index (χ4n) is 1.71. The van der Waals surface area contributed by atoms with Crippen molar-refractivity contribution in [2.24, 2.45) is 5.73 Å². The average molecular weight is 216 g/mol. The van der Waals surface area contributed by atoms with E-state index < -0.39 is 0 Å². The monoisotopic (exact) mass is 216 g/mol. The maximum absolute atomic E-state index is 5.56. The van der Waals surface area contributed by atoms with Crippen LogP contribution in [0.15, 0.2) is 30.6 Å². The Morgan fingerprint density at radius 2 is 2.31 bits per heavy atom. The second kappa shape index (κ2) is 4.90. The fourth-order valence-corrected chi connectivity index (χ4v) is 1.71. The second-order valence-electron chi connectivity index (χ2n) is 3.63. The zero-order valence-corrected chi connectivity index (χ0v) is 9.43. The molecule has 2 aromatic heterocycles. The van der Waals surface area contributed by atoms with Crippen molar-refractivity contribution < 1.29 is 0 Å². The summed E-state index contributed by atoms with van der Waals surface area (Å²) < 4.78 is 1.97. The molecule has 2 aromatic rings. The molecule has 2 N–H and O–H groups in total. The van der Waals surface area contributed by atoms with Crippen LogP contribution in [0.4, 0.5) is 0 Å². The third-order valence-electron chi connectivity index (χ3n) is 2.52. The lowest BCUT2D eigenvalue weighted by molar-refractivity contribution is 0.598. The Balaban J connectivity index is 2.36. The minimum Gasteiger partial charge on any atom is -0.329 e. The zero-order valence-electron chi connectivity index (χ0n) is 9.43. The lowest BCUT2D eigenvalue weighted by Crippen LogP contribution is -2.13. The molecule has 0 aliphatic heterocycles. The van der Waals surface area contributed by atoms with Gasteiger partial charge in [0.25, 0.3) is 0 Å². The highest BCUT2D eigenvalue weighted by Crippen LogP contribution is 2.18. The van der Waals surface area contributed by atoms with Gasteiger partial charge in [-0.1, -0.05) is 6.92 Å². The van der Waals surface area contributed by atoms with Crippen molar-refractivity contribution in [1.82, 2.24) is 14.8 Å². The van der Waals surface area contributed by atoms with Gasteiger partial charge < -0.3 is 5.73 Å². The Kier molecular flexibility index (Phi) is 3.31. The van der Waals surface area contributed by atoms with Gasteiger partial charge >= 0.3 is 0 Å². The van der Waals surface area contributed by atoms with Crippen LogP contribution in [-0.2, 0) is 13.0 Å². The number of aryl methyl sites for hydroxylation is 1. The molecular formula is C12H16N4. The van der Waals surface area contributed by atoms with E-state index in [-0.39, 0.29) is 0 Å². The molecular weight excluding hydrogens is 200 g/mol. The Morgan fingerprint density at radius 3 is 2.94 bits per heavy atom. The van der Waals surface area contributed by atoms with E-state index in [1.807, 2.05) is 23.0 Å². The van der Waals surface area contributed by atoms with E-state index in [9.17, 15) is 0 Å². The summed E-state index contributed by atoms with van der Waals surface area (Å²) in [4.78, 5) is 4.10. The summed E-state index contributed by atoms with van der Waals surface area (Å²) >= 11 is 0. The van der Waals surface area contributed by atoms with Gasteiger partial charge in [-0.15, -0.1) is 0 Å². The van der Waals surface area contributed by atoms with E-state index in [1.165, 1.54) is 5.69 Å². The van der Waals surface area contributed by atoms with Gasteiger partial charge in [-0.05, 0) is 24.6 Å². The van der Waals surface area contributed by atoms with Crippen molar-refractivity contribution in [3.8, 4) is 11.3 Å². The summed E-state index contributed by atoms with van der Waals surface area (Å²) in [5.74, 6) is 0.